The quantitative estimate of drug-likeness (QED) is 0.540. The molecule has 0 spiro atoms. The summed E-state index contributed by atoms with van der Waals surface area (Å²) in [5.41, 5.74) is -1.58. The van der Waals surface area contributed by atoms with E-state index >= 15 is 0 Å². The Morgan fingerprint density at radius 1 is 1.54 bits per heavy atom. The van der Waals surface area contributed by atoms with E-state index in [-0.39, 0.29) is 11.7 Å². The largest absolute Gasteiger partial charge is 0.549 e. The van der Waals surface area contributed by atoms with Gasteiger partial charge in [0.1, 0.15) is 5.78 Å². The highest BCUT2D eigenvalue weighted by atomic mass is 16.4. The fourth-order valence-corrected chi connectivity index (χ4v) is 2.95. The van der Waals surface area contributed by atoms with E-state index in [1.807, 2.05) is 13.8 Å². The predicted molar refractivity (Wildman–Crippen MR) is 43.6 cm³/mol. The van der Waals surface area contributed by atoms with E-state index in [1.54, 1.807) is 0 Å². The molecule has 0 amide bonds. The zero-order valence-electron chi connectivity index (χ0n) is 7.92. The molecule has 2 bridgehead atoms. The number of fused-ring (bicyclic) bond motifs is 2. The molecule has 13 heavy (non-hydrogen) atoms. The second-order valence-electron chi connectivity index (χ2n) is 4.86. The van der Waals surface area contributed by atoms with E-state index in [2.05, 4.69) is 0 Å². The van der Waals surface area contributed by atoms with Crippen LogP contribution in [0.5, 0.6) is 0 Å². The molecule has 0 unspecified atom stereocenters. The van der Waals surface area contributed by atoms with Gasteiger partial charge in [0.25, 0.3) is 0 Å². The first-order valence-electron chi connectivity index (χ1n) is 4.67. The van der Waals surface area contributed by atoms with Gasteiger partial charge in [0, 0.05) is 5.41 Å². The molecule has 0 heterocycles. The molecule has 0 radical (unpaired) electrons. The molecule has 2 fully saturated rings. The minimum atomic E-state index is -1.16. The minimum absolute atomic E-state index is 0.115. The first kappa shape index (κ1) is 8.73. The second-order valence-corrected chi connectivity index (χ2v) is 4.86. The predicted octanol–water partition coefficient (Wildman–Crippen LogP) is 0.132. The highest BCUT2D eigenvalue weighted by Gasteiger charge is 2.62. The zero-order valence-corrected chi connectivity index (χ0v) is 7.92. The zero-order chi connectivity index (χ0) is 9.85. The number of ketones is 1. The highest BCUT2D eigenvalue weighted by Crippen LogP contribution is 2.59. The lowest BCUT2D eigenvalue weighted by atomic mass is 9.71. The van der Waals surface area contributed by atoms with E-state index < -0.39 is 16.8 Å². The van der Waals surface area contributed by atoms with Gasteiger partial charge in [-0.05, 0) is 25.2 Å². The maximum Gasteiger partial charge on any atom is 0.150 e. The molecule has 72 valence electrons. The van der Waals surface area contributed by atoms with Gasteiger partial charge >= 0.3 is 0 Å². The van der Waals surface area contributed by atoms with Crippen LogP contribution in [0.25, 0.3) is 0 Å². The first-order chi connectivity index (χ1) is 5.91. The Hall–Kier alpha value is -0.860. The second kappa shape index (κ2) is 2.14. The molecule has 0 N–H and O–H groups in total. The van der Waals surface area contributed by atoms with Gasteiger partial charge in [0.15, 0.2) is 0 Å². The third kappa shape index (κ3) is 0.798. The minimum Gasteiger partial charge on any atom is -0.549 e. The molecule has 2 atom stereocenters. The summed E-state index contributed by atoms with van der Waals surface area (Å²) in [7, 11) is 0. The van der Waals surface area contributed by atoms with Crippen LogP contribution in [-0.4, -0.2) is 11.8 Å². The monoisotopic (exact) mass is 181 g/mol. The molecule has 2 rings (SSSR count). The number of carboxylic acids is 1. The number of carbonyl (C=O) groups excluding carboxylic acids is 2. The number of rotatable bonds is 1. The SMILES string of the molecule is CC1(C)C(=O)[C@@]2(C(=O)[O-])CC[C@@H]1C2. The highest BCUT2D eigenvalue weighted by molar-refractivity contribution is 6.07. The molecule has 3 heteroatoms. The van der Waals surface area contributed by atoms with Gasteiger partial charge in [0.2, 0.25) is 0 Å². The summed E-state index contributed by atoms with van der Waals surface area (Å²) >= 11 is 0. The Morgan fingerprint density at radius 3 is 2.46 bits per heavy atom. The van der Waals surface area contributed by atoms with Crippen molar-refractivity contribution in [2.45, 2.75) is 33.1 Å². The summed E-state index contributed by atoms with van der Waals surface area (Å²) in [4.78, 5) is 22.8. The number of hydrogen-bond acceptors (Lipinski definition) is 3. The van der Waals surface area contributed by atoms with E-state index in [1.165, 1.54) is 0 Å². The van der Waals surface area contributed by atoms with Crippen molar-refractivity contribution in [2.75, 3.05) is 0 Å². The van der Waals surface area contributed by atoms with Crippen LogP contribution >= 0.6 is 0 Å². The lowest BCUT2D eigenvalue weighted by molar-refractivity contribution is -0.316. The maximum atomic E-state index is 11.8. The standard InChI is InChI=1S/C10H14O3/c1-9(2)6-3-4-10(5-6,7(9)11)8(12)13/h6H,3-5H2,1-2H3,(H,12,13)/p-1/t6-,10-/m1/s1. The molecule has 0 aromatic rings. The number of hydrogen-bond donors (Lipinski definition) is 0. The normalized spacial score (nSPS) is 41.1. The topological polar surface area (TPSA) is 57.2 Å². The van der Waals surface area contributed by atoms with Gasteiger partial charge in [-0.3, -0.25) is 4.79 Å². The summed E-state index contributed by atoms with van der Waals surface area (Å²) in [6.07, 6.45) is 1.84. The number of carbonyl (C=O) groups is 2. The Bertz CT molecular complexity index is 293. The summed E-state index contributed by atoms with van der Waals surface area (Å²) < 4.78 is 0. The summed E-state index contributed by atoms with van der Waals surface area (Å²) in [5, 5.41) is 10.9. The van der Waals surface area contributed by atoms with Crippen molar-refractivity contribution < 1.29 is 14.7 Å². The van der Waals surface area contributed by atoms with Crippen LogP contribution in [0.15, 0.2) is 0 Å². The van der Waals surface area contributed by atoms with Crippen LogP contribution in [0.1, 0.15) is 33.1 Å². The molecule has 0 aromatic heterocycles. The lowest BCUT2D eigenvalue weighted by Gasteiger charge is -2.33. The Labute approximate surface area is 77.1 Å². The van der Waals surface area contributed by atoms with Gasteiger partial charge in [-0.15, -0.1) is 0 Å². The molecule has 0 aliphatic heterocycles. The van der Waals surface area contributed by atoms with Crippen molar-refractivity contribution in [3.05, 3.63) is 0 Å². The van der Waals surface area contributed by atoms with E-state index in [4.69, 9.17) is 0 Å². The molecular formula is C10H13O3-. The van der Waals surface area contributed by atoms with Crippen LogP contribution in [0, 0.1) is 16.7 Å². The van der Waals surface area contributed by atoms with Crippen LogP contribution in [-0.2, 0) is 9.59 Å². The van der Waals surface area contributed by atoms with Gasteiger partial charge < -0.3 is 9.90 Å². The van der Waals surface area contributed by atoms with E-state index in [0.717, 1.165) is 6.42 Å². The molecule has 3 nitrogen and oxygen atoms in total. The fourth-order valence-electron chi connectivity index (χ4n) is 2.95. The summed E-state index contributed by atoms with van der Waals surface area (Å²) in [5.74, 6) is -1.03. The number of Topliss-reactive ketones (excluding diaryl/α,β-unsaturated/α-hetero) is 1. The van der Waals surface area contributed by atoms with Gasteiger partial charge in [-0.1, -0.05) is 13.8 Å². The molecular weight excluding hydrogens is 168 g/mol. The van der Waals surface area contributed by atoms with Crippen molar-refractivity contribution in [3.8, 4) is 0 Å². The number of aliphatic carboxylic acids is 1. The van der Waals surface area contributed by atoms with Crippen molar-refractivity contribution in [3.63, 3.8) is 0 Å². The van der Waals surface area contributed by atoms with Crippen molar-refractivity contribution >= 4 is 11.8 Å². The van der Waals surface area contributed by atoms with Crippen LogP contribution in [0.2, 0.25) is 0 Å². The molecule has 0 aromatic carbocycles. The Kier molecular flexibility index (Phi) is 1.44. The van der Waals surface area contributed by atoms with E-state index in [9.17, 15) is 14.7 Å². The maximum absolute atomic E-state index is 11.8. The summed E-state index contributed by atoms with van der Waals surface area (Å²) in [6.45, 7) is 3.70. The van der Waals surface area contributed by atoms with Crippen LogP contribution in [0.4, 0.5) is 0 Å². The molecule has 0 saturated heterocycles. The summed E-state index contributed by atoms with van der Waals surface area (Å²) in [6, 6.07) is 0. The first-order valence-corrected chi connectivity index (χ1v) is 4.67. The Morgan fingerprint density at radius 2 is 2.15 bits per heavy atom. The molecule has 2 saturated carbocycles. The number of carboxylic acid groups (broad SMARTS) is 1. The van der Waals surface area contributed by atoms with Crippen LogP contribution in [0.3, 0.4) is 0 Å². The molecule has 2 aliphatic rings. The average Bonchev–Trinajstić information content (AvgIpc) is 2.53. The average molecular weight is 181 g/mol. The fraction of sp³-hybridized carbons (Fsp3) is 0.800. The third-order valence-corrected chi connectivity index (χ3v) is 3.95. The Balaban J connectivity index is 2.46. The van der Waals surface area contributed by atoms with Crippen molar-refractivity contribution in [1.29, 1.82) is 0 Å². The van der Waals surface area contributed by atoms with Crippen molar-refractivity contribution in [2.24, 2.45) is 16.7 Å². The van der Waals surface area contributed by atoms with E-state index in [0.29, 0.717) is 12.8 Å². The van der Waals surface area contributed by atoms with Gasteiger partial charge in [-0.25, -0.2) is 0 Å². The van der Waals surface area contributed by atoms with Gasteiger partial charge in [0.05, 0.1) is 11.4 Å². The van der Waals surface area contributed by atoms with Crippen molar-refractivity contribution in [1.82, 2.24) is 0 Å². The lowest BCUT2D eigenvalue weighted by Crippen LogP contribution is -2.48. The molecule has 2 aliphatic carbocycles. The third-order valence-electron chi connectivity index (χ3n) is 3.95. The smallest absolute Gasteiger partial charge is 0.150 e. The van der Waals surface area contributed by atoms with Crippen LogP contribution < -0.4 is 5.11 Å². The van der Waals surface area contributed by atoms with Gasteiger partial charge in [-0.2, -0.15) is 0 Å².